The van der Waals surface area contributed by atoms with E-state index in [0.29, 0.717) is 0 Å². The van der Waals surface area contributed by atoms with Crippen molar-refractivity contribution in [3.8, 4) is 0 Å². The highest BCUT2D eigenvalue weighted by Crippen LogP contribution is 2.37. The van der Waals surface area contributed by atoms with Gasteiger partial charge in [-0.05, 0) is 12.1 Å². The average Bonchev–Trinajstić information content (AvgIpc) is 2.26. The monoisotopic (exact) mass is 293 g/mol. The van der Waals surface area contributed by atoms with Gasteiger partial charge in [0.05, 0.1) is 15.9 Å². The number of alkyl halides is 3. The Balaban J connectivity index is 2.99. The van der Waals surface area contributed by atoms with Gasteiger partial charge < -0.3 is 5.11 Å². The molecule has 1 N–H and O–H groups in total. The van der Waals surface area contributed by atoms with Crippen molar-refractivity contribution >= 4 is 28.5 Å². The van der Waals surface area contributed by atoms with Crippen molar-refractivity contribution in [3.05, 3.63) is 40.3 Å². The molecule has 19 heavy (non-hydrogen) atoms. The van der Waals surface area contributed by atoms with E-state index in [0.717, 1.165) is 18.2 Å². The second-order valence-corrected chi connectivity index (χ2v) is 3.96. The smallest absolute Gasteiger partial charge is 0.434 e. The van der Waals surface area contributed by atoms with Crippen molar-refractivity contribution in [2.24, 2.45) is 0 Å². The number of pyridine rings is 1. The van der Waals surface area contributed by atoms with Gasteiger partial charge in [-0.1, -0.05) is 17.7 Å². The average molecular weight is 294 g/mol. The van der Waals surface area contributed by atoms with Crippen LogP contribution in [0.3, 0.4) is 0 Å². The van der Waals surface area contributed by atoms with Gasteiger partial charge in [0, 0.05) is 0 Å². The van der Waals surface area contributed by atoms with Crippen molar-refractivity contribution in [3.63, 3.8) is 0 Å². The molecule has 0 bridgehead atoms. The Morgan fingerprint density at radius 1 is 1.32 bits per heavy atom. The van der Waals surface area contributed by atoms with Crippen LogP contribution < -0.4 is 0 Å². The summed E-state index contributed by atoms with van der Waals surface area (Å²) in [5, 5.41) is 7.55. The van der Waals surface area contributed by atoms with Crippen molar-refractivity contribution in [1.82, 2.24) is 4.98 Å². The molecule has 0 aliphatic heterocycles. The molecule has 0 amide bonds. The van der Waals surface area contributed by atoms with Gasteiger partial charge in [-0.3, -0.25) is 0 Å². The van der Waals surface area contributed by atoms with Gasteiger partial charge in [0.25, 0.3) is 0 Å². The minimum absolute atomic E-state index is 0.359. The molecule has 100 valence electrons. The van der Waals surface area contributed by atoms with Gasteiger partial charge in [0.1, 0.15) is 11.4 Å². The van der Waals surface area contributed by atoms with Crippen LogP contribution >= 0.6 is 11.6 Å². The van der Waals surface area contributed by atoms with Crippen LogP contribution in [0.2, 0.25) is 5.02 Å². The Morgan fingerprint density at radius 2 is 1.95 bits per heavy atom. The Morgan fingerprint density at radius 3 is 2.47 bits per heavy atom. The Labute approximate surface area is 108 Å². The maximum atomic E-state index is 13.5. The summed E-state index contributed by atoms with van der Waals surface area (Å²) in [7, 11) is 0. The second-order valence-electron chi connectivity index (χ2n) is 3.59. The molecule has 1 heterocycles. The quantitative estimate of drug-likeness (QED) is 0.815. The van der Waals surface area contributed by atoms with Crippen LogP contribution in [-0.4, -0.2) is 16.1 Å². The van der Waals surface area contributed by atoms with Crippen molar-refractivity contribution in [2.75, 3.05) is 0 Å². The number of rotatable bonds is 1. The molecule has 0 atom stereocenters. The topological polar surface area (TPSA) is 50.2 Å². The first-order chi connectivity index (χ1) is 8.73. The highest BCUT2D eigenvalue weighted by molar-refractivity contribution is 6.38. The van der Waals surface area contributed by atoms with Crippen LogP contribution in [0.5, 0.6) is 0 Å². The minimum Gasteiger partial charge on any atom is -0.478 e. The first-order valence-electron chi connectivity index (χ1n) is 4.81. The third-order valence-electron chi connectivity index (χ3n) is 2.38. The lowest BCUT2D eigenvalue weighted by Gasteiger charge is -2.13. The number of halogens is 5. The zero-order valence-electron chi connectivity index (χ0n) is 8.92. The number of fused-ring (bicyclic) bond motifs is 1. The Hall–Kier alpha value is -1.89. The number of carboxylic acids is 1. The lowest BCUT2D eigenvalue weighted by molar-refractivity contribution is -0.141. The van der Waals surface area contributed by atoms with Gasteiger partial charge in [0.2, 0.25) is 0 Å². The van der Waals surface area contributed by atoms with Crippen LogP contribution in [-0.2, 0) is 6.18 Å². The number of benzene rings is 1. The molecule has 1 aromatic carbocycles. The van der Waals surface area contributed by atoms with E-state index < -0.39 is 39.6 Å². The fourth-order valence-electron chi connectivity index (χ4n) is 1.63. The highest BCUT2D eigenvalue weighted by Gasteiger charge is 2.39. The van der Waals surface area contributed by atoms with E-state index in [4.69, 9.17) is 16.7 Å². The van der Waals surface area contributed by atoms with Crippen molar-refractivity contribution in [2.45, 2.75) is 6.18 Å². The third-order valence-corrected chi connectivity index (χ3v) is 2.76. The summed E-state index contributed by atoms with van der Waals surface area (Å²) < 4.78 is 51.7. The van der Waals surface area contributed by atoms with Gasteiger partial charge in [-0.25, -0.2) is 14.2 Å². The summed E-state index contributed by atoms with van der Waals surface area (Å²) in [6.07, 6.45) is -5.00. The summed E-state index contributed by atoms with van der Waals surface area (Å²) in [6, 6.07) is 3.22. The van der Waals surface area contributed by atoms with Crippen molar-refractivity contribution in [1.29, 1.82) is 0 Å². The molecular weight excluding hydrogens is 290 g/mol. The van der Waals surface area contributed by atoms with E-state index in [9.17, 15) is 22.4 Å². The lowest BCUT2D eigenvalue weighted by atomic mass is 10.1. The zero-order chi connectivity index (χ0) is 14.4. The van der Waals surface area contributed by atoms with Crippen LogP contribution in [0.1, 0.15) is 16.1 Å². The molecule has 0 aliphatic rings. The predicted molar refractivity (Wildman–Crippen MR) is 58.7 cm³/mol. The number of aromatic carboxylic acids is 1. The number of hydrogen-bond donors (Lipinski definition) is 1. The summed E-state index contributed by atoms with van der Waals surface area (Å²) in [4.78, 5) is 14.1. The largest absolute Gasteiger partial charge is 0.478 e. The second kappa shape index (κ2) is 4.34. The van der Waals surface area contributed by atoms with E-state index in [2.05, 4.69) is 4.98 Å². The number of aromatic nitrogens is 1. The summed E-state index contributed by atoms with van der Waals surface area (Å²) in [6.45, 7) is 0. The minimum atomic E-state index is -5.00. The fourth-order valence-corrected chi connectivity index (χ4v) is 1.99. The van der Waals surface area contributed by atoms with Crippen LogP contribution in [0.25, 0.3) is 10.9 Å². The normalized spacial score (nSPS) is 11.8. The number of nitrogens with zero attached hydrogens (tertiary/aromatic N) is 1. The van der Waals surface area contributed by atoms with Crippen LogP contribution in [0.15, 0.2) is 18.2 Å². The van der Waals surface area contributed by atoms with Crippen LogP contribution in [0.4, 0.5) is 17.6 Å². The maximum Gasteiger partial charge on any atom is 0.434 e. The number of carbonyl (C=O) groups is 1. The molecule has 1 aromatic heterocycles. The molecule has 0 aliphatic carbocycles. The van der Waals surface area contributed by atoms with Gasteiger partial charge in [0.15, 0.2) is 5.69 Å². The molecule has 0 unspecified atom stereocenters. The molecule has 0 fully saturated rings. The predicted octanol–water partition coefficient (Wildman–Crippen LogP) is 3.74. The van der Waals surface area contributed by atoms with Crippen LogP contribution in [0, 0.1) is 5.82 Å². The zero-order valence-corrected chi connectivity index (χ0v) is 9.68. The van der Waals surface area contributed by atoms with E-state index in [1.54, 1.807) is 0 Å². The maximum absolute atomic E-state index is 13.5. The Kier molecular flexibility index (Phi) is 3.09. The summed E-state index contributed by atoms with van der Waals surface area (Å²) in [5.74, 6) is -2.86. The standard InChI is InChI=1S/C11H4ClF4NO2/c12-8-6-4(13)2-1-3-5(6)17-9(11(14,15)16)7(8)10(18)19/h1-3H,(H,18,19). The molecule has 2 aromatic rings. The molecule has 3 nitrogen and oxygen atoms in total. The number of hydrogen-bond acceptors (Lipinski definition) is 2. The third kappa shape index (κ3) is 2.21. The SMILES string of the molecule is O=C(O)c1c(C(F)(F)F)nc2cccc(F)c2c1Cl. The van der Waals surface area contributed by atoms with E-state index in [1.807, 2.05) is 0 Å². The van der Waals surface area contributed by atoms with Crippen molar-refractivity contribution < 1.29 is 27.5 Å². The van der Waals surface area contributed by atoms with E-state index >= 15 is 0 Å². The van der Waals surface area contributed by atoms with E-state index in [-0.39, 0.29) is 5.52 Å². The Bertz CT molecular complexity index is 684. The first kappa shape index (κ1) is 13.5. The fraction of sp³-hybridized carbons (Fsp3) is 0.0909. The molecule has 0 radical (unpaired) electrons. The molecule has 0 spiro atoms. The lowest BCUT2D eigenvalue weighted by Crippen LogP contribution is -2.16. The molecular formula is C11H4ClF4NO2. The molecule has 8 heteroatoms. The molecule has 2 rings (SSSR count). The first-order valence-corrected chi connectivity index (χ1v) is 5.19. The highest BCUT2D eigenvalue weighted by atomic mass is 35.5. The number of carboxylic acid groups (broad SMARTS) is 1. The summed E-state index contributed by atoms with van der Waals surface area (Å²) >= 11 is 5.59. The van der Waals surface area contributed by atoms with Gasteiger partial charge in [-0.15, -0.1) is 0 Å². The summed E-state index contributed by atoms with van der Waals surface area (Å²) in [5.41, 5.74) is -3.27. The van der Waals surface area contributed by atoms with E-state index in [1.165, 1.54) is 0 Å². The van der Waals surface area contributed by atoms with Gasteiger partial charge in [-0.2, -0.15) is 13.2 Å². The molecule has 0 saturated heterocycles. The van der Waals surface area contributed by atoms with Gasteiger partial charge >= 0.3 is 12.1 Å². The molecule has 0 saturated carbocycles.